The number of benzene rings is 1. The number of methoxy groups -OCH3 is 1. The fourth-order valence-electron chi connectivity index (χ4n) is 1.97. The molecule has 1 N–H and O–H groups in total. The summed E-state index contributed by atoms with van der Waals surface area (Å²) in [5.74, 6) is 1.61. The van der Waals surface area contributed by atoms with E-state index in [1.165, 1.54) is 0 Å². The van der Waals surface area contributed by atoms with Crippen LogP contribution in [0.4, 0.5) is 0 Å². The first-order valence-corrected chi connectivity index (χ1v) is 6.81. The summed E-state index contributed by atoms with van der Waals surface area (Å²) in [6, 6.07) is 5.25. The molecule has 20 heavy (non-hydrogen) atoms. The third-order valence-electron chi connectivity index (χ3n) is 2.83. The maximum Gasteiger partial charge on any atom is 0.275 e. The average molecular weight is 293 g/mol. The fourth-order valence-corrected chi connectivity index (χ4v) is 2.15. The van der Waals surface area contributed by atoms with Gasteiger partial charge >= 0.3 is 0 Å². The number of amidine groups is 1. The van der Waals surface area contributed by atoms with Gasteiger partial charge in [-0.1, -0.05) is 25.4 Å². The highest BCUT2D eigenvalue weighted by molar-refractivity contribution is 6.30. The van der Waals surface area contributed by atoms with Crippen LogP contribution < -0.4 is 10.1 Å². The van der Waals surface area contributed by atoms with E-state index in [4.69, 9.17) is 16.3 Å². The van der Waals surface area contributed by atoms with Crippen molar-refractivity contribution >= 4 is 29.4 Å². The van der Waals surface area contributed by atoms with Crippen LogP contribution in [0, 0.1) is 5.92 Å². The van der Waals surface area contributed by atoms with E-state index < -0.39 is 0 Å². The molecule has 0 atom stereocenters. The number of hydrogen-bond donors (Lipinski definition) is 1. The molecule has 0 aromatic heterocycles. The molecule has 1 aromatic carbocycles. The standard InChI is InChI=1S/C15H17ClN2O2/c1-9(2)6-14-17-12(15(19)18-14)8-10-7-11(16)4-5-13(10)20-3/h4-5,7-9H,6H2,1-3H3,(H,17,18,19)/b12-8+. The van der Waals surface area contributed by atoms with Gasteiger partial charge in [0.15, 0.2) is 0 Å². The lowest BCUT2D eigenvalue weighted by Crippen LogP contribution is -2.24. The fraction of sp³-hybridized carbons (Fsp3) is 0.333. The Morgan fingerprint density at radius 1 is 1.45 bits per heavy atom. The van der Waals surface area contributed by atoms with Crippen molar-refractivity contribution in [1.82, 2.24) is 5.32 Å². The van der Waals surface area contributed by atoms with Crippen molar-refractivity contribution in [3.05, 3.63) is 34.5 Å². The number of nitrogens with one attached hydrogen (secondary N) is 1. The minimum Gasteiger partial charge on any atom is -0.496 e. The number of nitrogens with zero attached hydrogens (tertiary/aromatic N) is 1. The number of ether oxygens (including phenoxy) is 1. The topological polar surface area (TPSA) is 50.7 Å². The lowest BCUT2D eigenvalue weighted by atomic mass is 10.1. The second-order valence-corrected chi connectivity index (χ2v) is 5.46. The molecule has 1 aromatic rings. The summed E-state index contributed by atoms with van der Waals surface area (Å²) < 4.78 is 5.25. The minimum absolute atomic E-state index is 0.192. The number of rotatable bonds is 4. The van der Waals surface area contributed by atoms with Gasteiger partial charge in [-0.2, -0.15) is 0 Å². The molecule has 1 aliphatic heterocycles. The lowest BCUT2D eigenvalue weighted by molar-refractivity contribution is -0.115. The lowest BCUT2D eigenvalue weighted by Gasteiger charge is -2.05. The first kappa shape index (κ1) is 14.6. The second-order valence-electron chi connectivity index (χ2n) is 5.03. The highest BCUT2D eigenvalue weighted by Gasteiger charge is 2.20. The van der Waals surface area contributed by atoms with Gasteiger partial charge < -0.3 is 10.1 Å². The number of aliphatic imine (C=N–C) groups is 1. The number of halogens is 1. The summed E-state index contributed by atoms with van der Waals surface area (Å²) in [7, 11) is 1.58. The van der Waals surface area contributed by atoms with Crippen LogP contribution in [0.1, 0.15) is 25.8 Å². The molecule has 0 unspecified atom stereocenters. The summed E-state index contributed by atoms with van der Waals surface area (Å²) in [4.78, 5) is 16.2. The van der Waals surface area contributed by atoms with E-state index in [0.29, 0.717) is 28.2 Å². The van der Waals surface area contributed by atoms with E-state index in [1.54, 1.807) is 31.4 Å². The first-order valence-electron chi connectivity index (χ1n) is 6.43. The van der Waals surface area contributed by atoms with Crippen LogP contribution in [0.2, 0.25) is 5.02 Å². The predicted molar refractivity (Wildman–Crippen MR) is 81.0 cm³/mol. The Hall–Kier alpha value is -1.81. The van der Waals surface area contributed by atoms with Gasteiger partial charge in [-0.05, 0) is 30.2 Å². The molecular weight excluding hydrogens is 276 g/mol. The van der Waals surface area contributed by atoms with Crippen LogP contribution in [0.3, 0.4) is 0 Å². The number of carbonyl (C=O) groups excluding carboxylic acids is 1. The second kappa shape index (κ2) is 6.09. The zero-order chi connectivity index (χ0) is 14.7. The van der Waals surface area contributed by atoms with Gasteiger partial charge in [-0.15, -0.1) is 0 Å². The molecule has 5 heteroatoms. The highest BCUT2D eigenvalue weighted by atomic mass is 35.5. The molecule has 1 heterocycles. The molecule has 106 valence electrons. The van der Waals surface area contributed by atoms with Crippen molar-refractivity contribution in [1.29, 1.82) is 0 Å². The molecule has 0 saturated heterocycles. The molecule has 0 bridgehead atoms. The van der Waals surface area contributed by atoms with Gasteiger partial charge in [0.1, 0.15) is 17.3 Å². The van der Waals surface area contributed by atoms with Crippen molar-refractivity contribution < 1.29 is 9.53 Å². The summed E-state index contributed by atoms with van der Waals surface area (Å²) in [6.45, 7) is 4.16. The van der Waals surface area contributed by atoms with Gasteiger partial charge in [0, 0.05) is 17.0 Å². The molecule has 0 saturated carbocycles. The Bertz CT molecular complexity index is 592. The monoisotopic (exact) mass is 292 g/mol. The Morgan fingerprint density at radius 2 is 2.20 bits per heavy atom. The first-order chi connectivity index (χ1) is 9.49. The van der Waals surface area contributed by atoms with Crippen LogP contribution in [0.15, 0.2) is 28.9 Å². The van der Waals surface area contributed by atoms with Gasteiger partial charge in [0.2, 0.25) is 0 Å². The molecular formula is C15H17ClN2O2. The molecule has 0 fully saturated rings. The molecule has 2 rings (SSSR count). The van der Waals surface area contributed by atoms with Crippen LogP contribution in [-0.4, -0.2) is 18.9 Å². The number of carbonyl (C=O) groups is 1. The van der Waals surface area contributed by atoms with Crippen LogP contribution in [0.5, 0.6) is 5.75 Å². The van der Waals surface area contributed by atoms with Crippen molar-refractivity contribution in [3.8, 4) is 5.75 Å². The molecule has 1 amide bonds. The Kier molecular flexibility index (Phi) is 4.45. The highest BCUT2D eigenvalue weighted by Crippen LogP contribution is 2.26. The summed E-state index contributed by atoms with van der Waals surface area (Å²) in [5.41, 5.74) is 1.11. The van der Waals surface area contributed by atoms with Crippen molar-refractivity contribution in [2.24, 2.45) is 10.9 Å². The molecule has 0 aliphatic carbocycles. The summed E-state index contributed by atoms with van der Waals surface area (Å²) in [6.07, 6.45) is 2.43. The van der Waals surface area contributed by atoms with Crippen molar-refractivity contribution in [2.45, 2.75) is 20.3 Å². The number of hydrogen-bond acceptors (Lipinski definition) is 3. The van der Waals surface area contributed by atoms with Gasteiger partial charge in [-0.25, -0.2) is 4.99 Å². The molecule has 0 spiro atoms. The Labute approximate surface area is 123 Å². The normalized spacial score (nSPS) is 16.6. The van der Waals surface area contributed by atoms with E-state index >= 15 is 0 Å². The molecule has 0 radical (unpaired) electrons. The molecule has 4 nitrogen and oxygen atoms in total. The zero-order valence-electron chi connectivity index (χ0n) is 11.7. The van der Waals surface area contributed by atoms with E-state index in [-0.39, 0.29) is 5.91 Å². The maximum absolute atomic E-state index is 11.9. The van der Waals surface area contributed by atoms with Gasteiger partial charge in [0.05, 0.1) is 7.11 Å². The van der Waals surface area contributed by atoms with E-state index in [0.717, 1.165) is 12.0 Å². The van der Waals surface area contributed by atoms with E-state index in [1.807, 2.05) is 0 Å². The third-order valence-corrected chi connectivity index (χ3v) is 3.07. The minimum atomic E-state index is -0.192. The Morgan fingerprint density at radius 3 is 2.85 bits per heavy atom. The maximum atomic E-state index is 11.9. The predicted octanol–water partition coefficient (Wildman–Crippen LogP) is 3.26. The van der Waals surface area contributed by atoms with E-state index in [2.05, 4.69) is 24.2 Å². The quantitative estimate of drug-likeness (QED) is 0.866. The number of amides is 1. The SMILES string of the molecule is COc1ccc(Cl)cc1/C=C1/N=C(CC(C)C)NC1=O. The van der Waals surface area contributed by atoms with Gasteiger partial charge in [-0.3, -0.25) is 4.79 Å². The zero-order valence-corrected chi connectivity index (χ0v) is 12.5. The smallest absolute Gasteiger partial charge is 0.275 e. The summed E-state index contributed by atoms with van der Waals surface area (Å²) >= 11 is 5.97. The van der Waals surface area contributed by atoms with Crippen LogP contribution in [-0.2, 0) is 4.79 Å². The van der Waals surface area contributed by atoms with Crippen molar-refractivity contribution in [3.63, 3.8) is 0 Å². The largest absolute Gasteiger partial charge is 0.496 e. The summed E-state index contributed by atoms with van der Waals surface area (Å²) in [5, 5.41) is 3.36. The average Bonchev–Trinajstić information content (AvgIpc) is 2.69. The third kappa shape index (κ3) is 3.39. The van der Waals surface area contributed by atoms with Crippen molar-refractivity contribution in [2.75, 3.05) is 7.11 Å². The van der Waals surface area contributed by atoms with Gasteiger partial charge in [0.25, 0.3) is 5.91 Å². The Balaban J connectivity index is 2.33. The molecule has 1 aliphatic rings. The van der Waals surface area contributed by atoms with Crippen LogP contribution in [0.25, 0.3) is 6.08 Å². The van der Waals surface area contributed by atoms with Crippen LogP contribution >= 0.6 is 11.6 Å². The van der Waals surface area contributed by atoms with E-state index in [9.17, 15) is 4.79 Å².